The molecule has 2 amide bonds. The van der Waals surface area contributed by atoms with Crippen LogP contribution in [0.2, 0.25) is 0 Å². The highest BCUT2D eigenvalue weighted by atomic mass is 16.4. The molecule has 0 radical (unpaired) electrons. The average Bonchev–Trinajstić information content (AvgIpc) is 2.59. The van der Waals surface area contributed by atoms with Gasteiger partial charge in [-0.15, -0.1) is 0 Å². The molecule has 1 unspecified atom stereocenters. The van der Waals surface area contributed by atoms with Crippen molar-refractivity contribution in [2.75, 3.05) is 13.1 Å². The van der Waals surface area contributed by atoms with Crippen LogP contribution < -0.4 is 5.32 Å². The van der Waals surface area contributed by atoms with E-state index in [0.29, 0.717) is 13.0 Å². The molecular weight excluding hydrogens is 260 g/mol. The number of aliphatic carboxylic acids is 1. The van der Waals surface area contributed by atoms with Crippen molar-refractivity contribution in [2.45, 2.75) is 45.1 Å². The van der Waals surface area contributed by atoms with Crippen molar-refractivity contribution >= 4 is 17.8 Å². The summed E-state index contributed by atoms with van der Waals surface area (Å²) < 4.78 is 0. The summed E-state index contributed by atoms with van der Waals surface area (Å²) in [5, 5.41) is 11.5. The summed E-state index contributed by atoms with van der Waals surface area (Å²) in [4.78, 5) is 36.1. The number of rotatable bonds is 6. The molecule has 6 nitrogen and oxygen atoms in total. The zero-order chi connectivity index (χ0) is 15.0. The average molecular weight is 282 g/mol. The third-order valence-corrected chi connectivity index (χ3v) is 3.25. The minimum Gasteiger partial charge on any atom is -0.480 e. The molecule has 0 bridgehead atoms. The van der Waals surface area contributed by atoms with E-state index in [1.807, 2.05) is 0 Å². The van der Waals surface area contributed by atoms with Crippen LogP contribution in [0.1, 0.15) is 39.0 Å². The molecule has 1 atom stereocenters. The molecule has 0 aliphatic carbocycles. The van der Waals surface area contributed by atoms with Gasteiger partial charge in [0, 0.05) is 13.0 Å². The number of hydrogen-bond donors (Lipinski definition) is 2. The highest BCUT2D eigenvalue weighted by Gasteiger charge is 2.22. The summed E-state index contributed by atoms with van der Waals surface area (Å²) in [6.07, 6.45) is 6.87. The second kappa shape index (κ2) is 8.35. The second-order valence-corrected chi connectivity index (χ2v) is 4.89. The summed E-state index contributed by atoms with van der Waals surface area (Å²) >= 11 is 0. The van der Waals surface area contributed by atoms with E-state index in [4.69, 9.17) is 5.11 Å². The molecule has 2 N–H and O–H groups in total. The second-order valence-electron chi connectivity index (χ2n) is 4.89. The highest BCUT2D eigenvalue weighted by Crippen LogP contribution is 2.10. The first-order valence-electron chi connectivity index (χ1n) is 6.95. The number of amides is 2. The summed E-state index contributed by atoms with van der Waals surface area (Å²) in [6, 6.07) is -0.944. The van der Waals surface area contributed by atoms with Crippen molar-refractivity contribution in [1.29, 1.82) is 0 Å². The molecule has 0 aromatic heterocycles. The Hall–Kier alpha value is -1.85. The highest BCUT2D eigenvalue weighted by molar-refractivity contribution is 5.88. The first kappa shape index (κ1) is 16.2. The number of carbonyl (C=O) groups excluding carboxylic acids is 2. The zero-order valence-corrected chi connectivity index (χ0v) is 11.8. The van der Waals surface area contributed by atoms with Gasteiger partial charge in [0.1, 0.15) is 6.04 Å². The van der Waals surface area contributed by atoms with Gasteiger partial charge in [0.15, 0.2) is 0 Å². The van der Waals surface area contributed by atoms with Crippen LogP contribution in [0.15, 0.2) is 12.2 Å². The summed E-state index contributed by atoms with van der Waals surface area (Å²) in [6.45, 7) is 2.30. The van der Waals surface area contributed by atoms with E-state index in [-0.39, 0.29) is 18.9 Å². The van der Waals surface area contributed by atoms with E-state index in [2.05, 4.69) is 5.32 Å². The predicted molar refractivity (Wildman–Crippen MR) is 74.0 cm³/mol. The van der Waals surface area contributed by atoms with Crippen LogP contribution in [0.3, 0.4) is 0 Å². The lowest BCUT2D eigenvalue weighted by Crippen LogP contribution is -2.46. The number of carboxylic acids is 1. The summed E-state index contributed by atoms with van der Waals surface area (Å²) in [5.41, 5.74) is 0. The third kappa shape index (κ3) is 5.42. The minimum atomic E-state index is -1.07. The minimum absolute atomic E-state index is 0.0296. The molecule has 1 aliphatic heterocycles. The Labute approximate surface area is 118 Å². The standard InChI is InChI=1S/C14H22N2O4/c1-2-3-7-11(14(19)20)15-12(17)10-16-9-6-4-5-8-13(16)18/h2-3,11H,4-10H2,1H3,(H,15,17)(H,19,20)/b3-2+. The van der Waals surface area contributed by atoms with Crippen molar-refractivity contribution in [3.8, 4) is 0 Å². The number of likely N-dealkylation sites (tertiary alicyclic amines) is 1. The molecule has 0 aromatic carbocycles. The molecule has 1 fully saturated rings. The fourth-order valence-electron chi connectivity index (χ4n) is 2.11. The maximum absolute atomic E-state index is 11.9. The lowest BCUT2D eigenvalue weighted by Gasteiger charge is -2.21. The smallest absolute Gasteiger partial charge is 0.326 e. The first-order chi connectivity index (χ1) is 9.54. The van der Waals surface area contributed by atoms with Crippen LogP contribution in [0, 0.1) is 0 Å². The van der Waals surface area contributed by atoms with Crippen LogP contribution in [0.25, 0.3) is 0 Å². The number of carboxylic acid groups (broad SMARTS) is 1. The van der Waals surface area contributed by atoms with Crippen molar-refractivity contribution in [2.24, 2.45) is 0 Å². The van der Waals surface area contributed by atoms with Crippen LogP contribution >= 0.6 is 0 Å². The van der Waals surface area contributed by atoms with Gasteiger partial charge in [0.05, 0.1) is 6.54 Å². The topological polar surface area (TPSA) is 86.7 Å². The molecule has 0 saturated carbocycles. The van der Waals surface area contributed by atoms with Gasteiger partial charge in [-0.25, -0.2) is 4.79 Å². The molecule has 0 aromatic rings. The van der Waals surface area contributed by atoms with Crippen LogP contribution in [0.5, 0.6) is 0 Å². The van der Waals surface area contributed by atoms with Gasteiger partial charge in [-0.3, -0.25) is 9.59 Å². The fourth-order valence-corrected chi connectivity index (χ4v) is 2.11. The van der Waals surface area contributed by atoms with Crippen molar-refractivity contribution in [3.63, 3.8) is 0 Å². The van der Waals surface area contributed by atoms with E-state index in [9.17, 15) is 14.4 Å². The number of allylic oxidation sites excluding steroid dienone is 1. The van der Waals surface area contributed by atoms with E-state index in [1.54, 1.807) is 19.1 Å². The summed E-state index contributed by atoms with van der Waals surface area (Å²) in [5.74, 6) is -1.52. The normalized spacial score (nSPS) is 17.9. The van der Waals surface area contributed by atoms with Gasteiger partial charge in [0.2, 0.25) is 11.8 Å². The molecule has 1 aliphatic rings. The van der Waals surface area contributed by atoms with Crippen molar-refractivity contribution in [3.05, 3.63) is 12.2 Å². The van der Waals surface area contributed by atoms with Gasteiger partial charge in [0.25, 0.3) is 0 Å². The largest absolute Gasteiger partial charge is 0.480 e. The molecule has 20 heavy (non-hydrogen) atoms. The van der Waals surface area contributed by atoms with Gasteiger partial charge in [-0.05, 0) is 26.2 Å². The molecule has 1 rings (SSSR count). The predicted octanol–water partition coefficient (Wildman–Crippen LogP) is 0.925. The number of nitrogens with one attached hydrogen (secondary N) is 1. The third-order valence-electron chi connectivity index (χ3n) is 3.25. The van der Waals surface area contributed by atoms with Crippen LogP contribution in [0.4, 0.5) is 0 Å². The summed E-state index contributed by atoms with van der Waals surface area (Å²) in [7, 11) is 0. The van der Waals surface area contributed by atoms with Gasteiger partial charge >= 0.3 is 5.97 Å². The van der Waals surface area contributed by atoms with E-state index >= 15 is 0 Å². The zero-order valence-electron chi connectivity index (χ0n) is 11.8. The van der Waals surface area contributed by atoms with Gasteiger partial charge in [-0.1, -0.05) is 18.6 Å². The van der Waals surface area contributed by atoms with Crippen molar-refractivity contribution in [1.82, 2.24) is 10.2 Å². The SMILES string of the molecule is C/C=C/CC(NC(=O)CN1CCCCCC1=O)C(=O)O. The monoisotopic (exact) mass is 282 g/mol. The lowest BCUT2D eigenvalue weighted by atomic mass is 10.2. The molecule has 112 valence electrons. The Morgan fingerprint density at radius 2 is 2.15 bits per heavy atom. The Bertz CT molecular complexity index is 393. The maximum atomic E-state index is 11.9. The molecule has 1 saturated heterocycles. The Morgan fingerprint density at radius 1 is 1.40 bits per heavy atom. The Kier molecular flexibility index (Phi) is 6.76. The fraction of sp³-hybridized carbons (Fsp3) is 0.643. The van der Waals surface area contributed by atoms with Crippen LogP contribution in [-0.4, -0.2) is 46.9 Å². The van der Waals surface area contributed by atoms with E-state index in [0.717, 1.165) is 19.3 Å². The van der Waals surface area contributed by atoms with E-state index < -0.39 is 17.9 Å². The number of carbonyl (C=O) groups is 3. The van der Waals surface area contributed by atoms with Crippen LogP contribution in [-0.2, 0) is 14.4 Å². The molecule has 6 heteroatoms. The lowest BCUT2D eigenvalue weighted by molar-refractivity contribution is -0.142. The Morgan fingerprint density at radius 3 is 2.80 bits per heavy atom. The van der Waals surface area contributed by atoms with E-state index in [1.165, 1.54) is 4.90 Å². The molecule has 1 heterocycles. The van der Waals surface area contributed by atoms with Crippen molar-refractivity contribution < 1.29 is 19.5 Å². The maximum Gasteiger partial charge on any atom is 0.326 e. The molecular formula is C14H22N2O4. The number of hydrogen-bond acceptors (Lipinski definition) is 3. The van der Waals surface area contributed by atoms with Gasteiger partial charge < -0.3 is 15.3 Å². The molecule has 0 spiro atoms. The Balaban J connectivity index is 2.51. The first-order valence-corrected chi connectivity index (χ1v) is 6.95. The van der Waals surface area contributed by atoms with Gasteiger partial charge in [-0.2, -0.15) is 0 Å². The number of nitrogens with zero attached hydrogens (tertiary/aromatic N) is 1. The quantitative estimate of drug-likeness (QED) is 0.709.